The van der Waals surface area contributed by atoms with Crippen molar-refractivity contribution < 1.29 is 9.72 Å². The molecule has 0 bridgehead atoms. The van der Waals surface area contributed by atoms with Gasteiger partial charge in [0.15, 0.2) is 0 Å². The number of nitriles is 1. The predicted molar refractivity (Wildman–Crippen MR) is 73.7 cm³/mol. The third kappa shape index (κ3) is 2.75. The highest BCUT2D eigenvalue weighted by Crippen LogP contribution is 2.30. The Morgan fingerprint density at radius 1 is 1.71 bits per heavy atom. The molecule has 1 aliphatic heterocycles. The van der Waals surface area contributed by atoms with E-state index in [9.17, 15) is 14.9 Å². The molecular weight excluding hydrogens is 276 g/mol. The lowest BCUT2D eigenvalue weighted by molar-refractivity contribution is -0.384. The van der Waals surface area contributed by atoms with Gasteiger partial charge in [0, 0.05) is 32.9 Å². The van der Waals surface area contributed by atoms with Gasteiger partial charge in [-0.25, -0.2) is 4.98 Å². The molecule has 1 fully saturated rings. The lowest BCUT2D eigenvalue weighted by atomic mass is 10.1. The standard InChI is InChI=1S/C12H14N6O3/c1-14-12(19)9-7-15-4-5-17(9)11-10(18(20)21)8(6-13)2-3-16-11/h2-3,9,15H,4-5,7H2,1H3,(H,14,19). The molecule has 0 spiro atoms. The molecule has 1 unspecified atom stereocenters. The van der Waals surface area contributed by atoms with E-state index in [4.69, 9.17) is 5.26 Å². The molecule has 2 heterocycles. The van der Waals surface area contributed by atoms with E-state index in [-0.39, 0.29) is 23.0 Å². The number of piperazine rings is 1. The minimum atomic E-state index is -0.635. The van der Waals surface area contributed by atoms with Crippen LogP contribution in [-0.2, 0) is 4.79 Å². The van der Waals surface area contributed by atoms with Crippen LogP contribution in [0.2, 0.25) is 0 Å². The Hall–Kier alpha value is -2.73. The Morgan fingerprint density at radius 3 is 3.10 bits per heavy atom. The van der Waals surface area contributed by atoms with E-state index >= 15 is 0 Å². The van der Waals surface area contributed by atoms with Gasteiger partial charge in [-0.05, 0) is 6.07 Å². The van der Waals surface area contributed by atoms with Crippen LogP contribution < -0.4 is 15.5 Å². The van der Waals surface area contributed by atoms with Gasteiger partial charge in [-0.1, -0.05) is 0 Å². The second-order valence-electron chi connectivity index (χ2n) is 4.43. The summed E-state index contributed by atoms with van der Waals surface area (Å²) in [5, 5.41) is 25.9. The molecule has 0 radical (unpaired) electrons. The molecule has 0 aliphatic carbocycles. The molecule has 2 N–H and O–H groups in total. The quantitative estimate of drug-likeness (QED) is 0.561. The van der Waals surface area contributed by atoms with Gasteiger partial charge < -0.3 is 15.5 Å². The average Bonchev–Trinajstić information content (AvgIpc) is 2.53. The summed E-state index contributed by atoms with van der Waals surface area (Å²) in [5.41, 5.74) is -0.435. The lowest BCUT2D eigenvalue weighted by Gasteiger charge is -2.35. The molecule has 1 aliphatic rings. The Kier molecular flexibility index (Phi) is 4.30. The number of hydrogen-bond donors (Lipinski definition) is 2. The van der Waals surface area contributed by atoms with Crippen molar-refractivity contribution in [1.29, 1.82) is 5.26 Å². The summed E-state index contributed by atoms with van der Waals surface area (Å²) in [6.07, 6.45) is 1.34. The molecular formula is C12H14N6O3. The van der Waals surface area contributed by atoms with Crippen molar-refractivity contribution >= 4 is 17.4 Å². The summed E-state index contributed by atoms with van der Waals surface area (Å²) >= 11 is 0. The van der Waals surface area contributed by atoms with E-state index < -0.39 is 11.0 Å². The first-order chi connectivity index (χ1) is 10.1. The monoisotopic (exact) mass is 290 g/mol. The van der Waals surface area contributed by atoms with E-state index in [0.717, 1.165) is 0 Å². The summed E-state index contributed by atoms with van der Waals surface area (Å²) in [6.45, 7) is 1.32. The Bertz CT molecular complexity index is 612. The number of amides is 1. The van der Waals surface area contributed by atoms with Crippen molar-refractivity contribution in [3.05, 3.63) is 27.9 Å². The molecule has 21 heavy (non-hydrogen) atoms. The number of nitro groups is 1. The van der Waals surface area contributed by atoms with Crippen LogP contribution in [0.1, 0.15) is 5.56 Å². The molecule has 9 nitrogen and oxygen atoms in total. The van der Waals surface area contributed by atoms with Gasteiger partial charge in [0.05, 0.1) is 4.92 Å². The minimum Gasteiger partial charge on any atom is -0.357 e. The Morgan fingerprint density at radius 2 is 2.48 bits per heavy atom. The van der Waals surface area contributed by atoms with Crippen LogP contribution in [0.25, 0.3) is 0 Å². The smallest absolute Gasteiger partial charge is 0.329 e. The van der Waals surface area contributed by atoms with Crippen LogP contribution in [0.5, 0.6) is 0 Å². The maximum Gasteiger partial charge on any atom is 0.329 e. The number of hydrogen-bond acceptors (Lipinski definition) is 7. The maximum absolute atomic E-state index is 11.9. The first kappa shape index (κ1) is 14.7. The van der Waals surface area contributed by atoms with Gasteiger partial charge in [0.1, 0.15) is 17.7 Å². The number of likely N-dealkylation sites (N-methyl/N-ethyl adjacent to an activating group) is 1. The van der Waals surface area contributed by atoms with Crippen molar-refractivity contribution in [2.75, 3.05) is 31.6 Å². The normalized spacial score (nSPS) is 17.9. The summed E-state index contributed by atoms with van der Waals surface area (Å²) in [7, 11) is 1.50. The van der Waals surface area contributed by atoms with Crippen LogP contribution in [0.3, 0.4) is 0 Å². The van der Waals surface area contributed by atoms with Crippen molar-refractivity contribution in [3.8, 4) is 6.07 Å². The summed E-state index contributed by atoms with van der Waals surface area (Å²) in [4.78, 5) is 28.1. The third-order valence-electron chi connectivity index (χ3n) is 3.27. The van der Waals surface area contributed by atoms with Crippen LogP contribution in [0.15, 0.2) is 12.3 Å². The largest absolute Gasteiger partial charge is 0.357 e. The highest BCUT2D eigenvalue weighted by Gasteiger charge is 2.34. The summed E-state index contributed by atoms with van der Waals surface area (Å²) < 4.78 is 0. The SMILES string of the molecule is CNC(=O)C1CNCCN1c1nccc(C#N)c1[N+](=O)[O-]. The van der Waals surface area contributed by atoms with Gasteiger partial charge >= 0.3 is 5.69 Å². The zero-order chi connectivity index (χ0) is 15.4. The van der Waals surface area contributed by atoms with Gasteiger partial charge in [-0.3, -0.25) is 14.9 Å². The molecule has 1 aromatic rings. The first-order valence-corrected chi connectivity index (χ1v) is 6.32. The van der Waals surface area contributed by atoms with Gasteiger partial charge in [-0.2, -0.15) is 5.26 Å². The topological polar surface area (TPSA) is 124 Å². The molecule has 2 rings (SSSR count). The highest BCUT2D eigenvalue weighted by molar-refractivity contribution is 5.86. The number of anilines is 1. The zero-order valence-electron chi connectivity index (χ0n) is 11.4. The van der Waals surface area contributed by atoms with Crippen LogP contribution in [-0.4, -0.2) is 48.5 Å². The first-order valence-electron chi connectivity index (χ1n) is 6.32. The molecule has 1 atom stereocenters. The molecule has 0 saturated carbocycles. The van der Waals surface area contributed by atoms with Gasteiger partial charge in [0.25, 0.3) is 0 Å². The van der Waals surface area contributed by atoms with Crippen molar-refractivity contribution in [1.82, 2.24) is 15.6 Å². The molecule has 1 aromatic heterocycles. The van der Waals surface area contributed by atoms with Gasteiger partial charge in [-0.15, -0.1) is 0 Å². The van der Waals surface area contributed by atoms with Crippen molar-refractivity contribution in [3.63, 3.8) is 0 Å². The molecule has 0 aromatic carbocycles. The van der Waals surface area contributed by atoms with E-state index in [0.29, 0.717) is 19.6 Å². The van der Waals surface area contributed by atoms with E-state index in [1.54, 1.807) is 11.0 Å². The fourth-order valence-corrected chi connectivity index (χ4v) is 2.28. The zero-order valence-corrected chi connectivity index (χ0v) is 11.4. The number of carbonyl (C=O) groups is 1. The summed E-state index contributed by atoms with van der Waals surface area (Å²) in [5.74, 6) is -0.213. The Labute approximate surface area is 120 Å². The number of carbonyl (C=O) groups excluding carboxylic acids is 1. The molecule has 1 saturated heterocycles. The molecule has 110 valence electrons. The van der Waals surface area contributed by atoms with Crippen LogP contribution >= 0.6 is 0 Å². The van der Waals surface area contributed by atoms with E-state index in [1.807, 2.05) is 0 Å². The van der Waals surface area contributed by atoms with E-state index in [1.165, 1.54) is 19.3 Å². The van der Waals surface area contributed by atoms with Crippen LogP contribution in [0.4, 0.5) is 11.5 Å². The second-order valence-corrected chi connectivity index (χ2v) is 4.43. The fraction of sp³-hybridized carbons (Fsp3) is 0.417. The van der Waals surface area contributed by atoms with Crippen LogP contribution in [0, 0.1) is 21.4 Å². The number of nitrogens with zero attached hydrogens (tertiary/aromatic N) is 4. The maximum atomic E-state index is 11.9. The Balaban J connectivity index is 2.51. The lowest BCUT2D eigenvalue weighted by Crippen LogP contribution is -2.58. The number of aromatic nitrogens is 1. The number of pyridine rings is 1. The second kappa shape index (κ2) is 6.15. The summed E-state index contributed by atoms with van der Waals surface area (Å²) in [6, 6.07) is 2.47. The predicted octanol–water partition coefficient (Wildman–Crippen LogP) is -0.614. The average molecular weight is 290 g/mol. The highest BCUT2D eigenvalue weighted by atomic mass is 16.6. The number of nitrogens with one attached hydrogen (secondary N) is 2. The fourth-order valence-electron chi connectivity index (χ4n) is 2.28. The number of rotatable bonds is 3. The van der Waals surface area contributed by atoms with E-state index in [2.05, 4.69) is 15.6 Å². The van der Waals surface area contributed by atoms with Crippen molar-refractivity contribution in [2.45, 2.75) is 6.04 Å². The molecule has 1 amide bonds. The molecule has 9 heteroatoms. The minimum absolute atomic E-state index is 0.0501. The van der Waals surface area contributed by atoms with Crippen molar-refractivity contribution in [2.24, 2.45) is 0 Å². The van der Waals surface area contributed by atoms with Gasteiger partial charge in [0.2, 0.25) is 11.7 Å². The third-order valence-corrected chi connectivity index (χ3v) is 3.27.